The van der Waals surface area contributed by atoms with Crippen LogP contribution in [0.3, 0.4) is 0 Å². The van der Waals surface area contributed by atoms with Gasteiger partial charge in [-0.1, -0.05) is 23.3 Å². The molecule has 0 amide bonds. The van der Waals surface area contributed by atoms with Gasteiger partial charge in [0.2, 0.25) is 11.2 Å². The summed E-state index contributed by atoms with van der Waals surface area (Å²) in [6, 6.07) is 3.27. The van der Waals surface area contributed by atoms with E-state index in [4.69, 9.17) is 18.6 Å². The molecule has 0 radical (unpaired) electrons. The number of hydrogen-bond acceptors (Lipinski definition) is 5. The Balaban J connectivity index is 2.55. The number of methoxy groups -OCH3 is 3. The molecule has 3 aromatic rings. The van der Waals surface area contributed by atoms with Crippen molar-refractivity contribution < 1.29 is 27.4 Å². The van der Waals surface area contributed by atoms with E-state index in [1.807, 2.05) is 39.8 Å². The van der Waals surface area contributed by atoms with Crippen LogP contribution in [0.25, 0.3) is 22.3 Å². The highest BCUT2D eigenvalue weighted by atomic mass is 19.2. The molecule has 0 saturated carbocycles. The molecule has 0 fully saturated rings. The largest absolute Gasteiger partial charge is 0.496 e. The minimum Gasteiger partial charge on any atom is -0.496 e. The molecule has 2 aromatic carbocycles. The van der Waals surface area contributed by atoms with Gasteiger partial charge < -0.3 is 18.6 Å². The summed E-state index contributed by atoms with van der Waals surface area (Å²) in [6.45, 7) is 7.90. The Labute approximate surface area is 203 Å². The molecule has 0 N–H and O–H groups in total. The van der Waals surface area contributed by atoms with Gasteiger partial charge in [-0.3, -0.25) is 4.79 Å². The van der Waals surface area contributed by atoms with Crippen LogP contribution in [0.4, 0.5) is 8.78 Å². The molecular formula is C28H30F2O5. The minimum absolute atomic E-state index is 0.0106. The molecule has 35 heavy (non-hydrogen) atoms. The Morgan fingerprint density at radius 1 is 0.829 bits per heavy atom. The number of halogens is 2. The number of hydrogen-bond donors (Lipinski definition) is 0. The van der Waals surface area contributed by atoms with Gasteiger partial charge in [0.15, 0.2) is 17.4 Å². The summed E-state index contributed by atoms with van der Waals surface area (Å²) in [5.41, 5.74) is 3.44. The first-order valence-corrected chi connectivity index (χ1v) is 11.2. The number of benzene rings is 2. The van der Waals surface area contributed by atoms with Gasteiger partial charge in [-0.2, -0.15) is 0 Å². The second-order valence-electron chi connectivity index (χ2n) is 8.62. The molecule has 1 heterocycles. The number of rotatable bonds is 8. The Morgan fingerprint density at radius 3 is 1.91 bits per heavy atom. The van der Waals surface area contributed by atoms with Crippen LogP contribution >= 0.6 is 0 Å². The molecule has 0 aliphatic carbocycles. The van der Waals surface area contributed by atoms with Crippen molar-refractivity contribution in [2.24, 2.45) is 0 Å². The van der Waals surface area contributed by atoms with Crippen LogP contribution in [-0.2, 0) is 12.8 Å². The Kier molecular flexibility index (Phi) is 7.99. The maximum atomic E-state index is 14.1. The summed E-state index contributed by atoms with van der Waals surface area (Å²) >= 11 is 0. The molecule has 0 atom stereocenters. The van der Waals surface area contributed by atoms with Crippen molar-refractivity contribution in [3.63, 3.8) is 0 Å². The van der Waals surface area contributed by atoms with E-state index in [0.717, 1.165) is 23.3 Å². The van der Waals surface area contributed by atoms with Gasteiger partial charge in [-0.15, -0.1) is 0 Å². The molecule has 0 spiro atoms. The first-order chi connectivity index (χ1) is 16.6. The first kappa shape index (κ1) is 26.0. The highest BCUT2D eigenvalue weighted by Gasteiger charge is 2.28. The quantitative estimate of drug-likeness (QED) is 0.330. The van der Waals surface area contributed by atoms with E-state index in [-0.39, 0.29) is 28.0 Å². The van der Waals surface area contributed by atoms with Gasteiger partial charge in [-0.25, -0.2) is 8.78 Å². The fourth-order valence-corrected chi connectivity index (χ4v) is 3.94. The lowest BCUT2D eigenvalue weighted by Gasteiger charge is -2.20. The molecule has 3 rings (SSSR count). The normalized spacial score (nSPS) is 10.8. The summed E-state index contributed by atoms with van der Waals surface area (Å²) in [4.78, 5) is 13.8. The van der Waals surface area contributed by atoms with Crippen molar-refractivity contribution >= 4 is 11.0 Å². The Morgan fingerprint density at radius 2 is 1.40 bits per heavy atom. The predicted octanol–water partition coefficient (Wildman–Crippen LogP) is 6.78. The number of allylic oxidation sites excluding steroid dienone is 4. The van der Waals surface area contributed by atoms with Crippen molar-refractivity contribution in [2.75, 3.05) is 21.3 Å². The lowest BCUT2D eigenvalue weighted by molar-refractivity contribution is 0.381. The lowest BCUT2D eigenvalue weighted by atomic mass is 9.96. The highest BCUT2D eigenvalue weighted by molar-refractivity contribution is 5.93. The Hall–Kier alpha value is -3.61. The monoisotopic (exact) mass is 484 g/mol. The average Bonchev–Trinajstić information content (AvgIpc) is 2.82. The SMILES string of the molecule is COc1c(CC=C(C)C)c(OC)c2c(=O)c(OC)c(-c3ccc(F)c(F)c3)oc2c1CC=C(C)C. The predicted molar refractivity (Wildman–Crippen MR) is 134 cm³/mol. The number of fused-ring (bicyclic) bond motifs is 1. The van der Waals surface area contributed by atoms with Crippen LogP contribution in [0.1, 0.15) is 38.8 Å². The van der Waals surface area contributed by atoms with Crippen molar-refractivity contribution in [2.45, 2.75) is 40.5 Å². The van der Waals surface area contributed by atoms with E-state index in [1.165, 1.54) is 20.3 Å². The maximum Gasteiger partial charge on any atom is 0.239 e. The second-order valence-corrected chi connectivity index (χ2v) is 8.62. The molecule has 0 bridgehead atoms. The maximum absolute atomic E-state index is 14.1. The summed E-state index contributed by atoms with van der Waals surface area (Å²) in [6.07, 6.45) is 4.90. The van der Waals surface area contributed by atoms with E-state index < -0.39 is 17.1 Å². The van der Waals surface area contributed by atoms with Crippen molar-refractivity contribution in [1.82, 2.24) is 0 Å². The molecule has 0 aliphatic rings. The minimum atomic E-state index is -1.07. The smallest absolute Gasteiger partial charge is 0.239 e. The van der Waals surface area contributed by atoms with Crippen molar-refractivity contribution in [1.29, 1.82) is 0 Å². The zero-order valence-corrected chi connectivity index (χ0v) is 21.1. The van der Waals surface area contributed by atoms with Crippen molar-refractivity contribution in [3.8, 4) is 28.6 Å². The topological polar surface area (TPSA) is 57.9 Å². The first-order valence-electron chi connectivity index (χ1n) is 11.2. The molecule has 5 nitrogen and oxygen atoms in total. The standard InChI is InChI=1S/C28H30F2O5/c1-15(2)8-11-18-25(32-5)19(12-9-16(3)4)27-22(26(18)33-6)23(31)28(34-7)24(35-27)17-10-13-20(29)21(30)14-17/h8-10,13-14H,11-12H2,1-7H3. The Bertz CT molecular complexity index is 1370. The van der Waals surface area contributed by atoms with Crippen LogP contribution in [0.5, 0.6) is 17.2 Å². The van der Waals surface area contributed by atoms with E-state index in [9.17, 15) is 13.6 Å². The van der Waals surface area contributed by atoms with Gasteiger partial charge >= 0.3 is 0 Å². The van der Waals surface area contributed by atoms with Crippen LogP contribution in [-0.4, -0.2) is 21.3 Å². The van der Waals surface area contributed by atoms with Crippen LogP contribution in [0.15, 0.2) is 50.7 Å². The molecule has 1 aromatic heterocycles. The van der Waals surface area contributed by atoms with Gasteiger partial charge in [0, 0.05) is 16.7 Å². The summed E-state index contributed by atoms with van der Waals surface area (Å²) < 4.78 is 50.9. The average molecular weight is 485 g/mol. The third-order valence-electron chi connectivity index (χ3n) is 5.62. The van der Waals surface area contributed by atoms with Gasteiger partial charge in [0.25, 0.3) is 0 Å². The van der Waals surface area contributed by atoms with E-state index in [0.29, 0.717) is 35.5 Å². The third kappa shape index (κ3) is 5.09. The fourth-order valence-electron chi connectivity index (χ4n) is 3.94. The molecule has 0 aliphatic heterocycles. The van der Waals surface area contributed by atoms with Gasteiger partial charge in [-0.05, 0) is 58.7 Å². The lowest BCUT2D eigenvalue weighted by Crippen LogP contribution is -2.12. The highest BCUT2D eigenvalue weighted by Crippen LogP contribution is 2.44. The van der Waals surface area contributed by atoms with Gasteiger partial charge in [0.1, 0.15) is 22.5 Å². The van der Waals surface area contributed by atoms with E-state index in [1.54, 1.807) is 7.11 Å². The fraction of sp³-hybridized carbons (Fsp3) is 0.321. The van der Waals surface area contributed by atoms with Crippen molar-refractivity contribution in [3.05, 3.63) is 74.5 Å². The van der Waals surface area contributed by atoms with E-state index in [2.05, 4.69) is 0 Å². The zero-order valence-electron chi connectivity index (χ0n) is 21.1. The van der Waals surface area contributed by atoms with E-state index >= 15 is 0 Å². The van der Waals surface area contributed by atoms with Crippen LogP contribution < -0.4 is 19.6 Å². The number of ether oxygens (including phenoxy) is 3. The van der Waals surface area contributed by atoms with Gasteiger partial charge in [0.05, 0.1) is 21.3 Å². The summed E-state index contributed by atoms with van der Waals surface area (Å²) in [5, 5.41) is 0.200. The summed E-state index contributed by atoms with van der Waals surface area (Å²) in [7, 11) is 4.35. The molecule has 7 heteroatoms. The molecule has 0 saturated heterocycles. The zero-order chi connectivity index (χ0) is 25.9. The molecule has 0 unspecified atom stereocenters. The van der Waals surface area contributed by atoms with Crippen LogP contribution in [0.2, 0.25) is 0 Å². The molecule has 186 valence electrons. The van der Waals surface area contributed by atoms with Crippen LogP contribution in [0, 0.1) is 11.6 Å². The summed E-state index contributed by atoms with van der Waals surface area (Å²) in [5.74, 6) is -1.36. The third-order valence-corrected chi connectivity index (χ3v) is 5.62. The molecular weight excluding hydrogens is 454 g/mol. The second kappa shape index (κ2) is 10.8.